The molecule has 0 aliphatic heterocycles. The fourth-order valence-corrected chi connectivity index (χ4v) is 0. The van der Waals surface area contributed by atoms with Crippen LogP contribution in [-0.4, -0.2) is 0 Å². The normalized spacial score (nSPS) is 2.17. The molecule has 0 rings (SSSR count). The second-order valence-corrected chi connectivity index (χ2v) is 0. The van der Waals surface area contributed by atoms with E-state index in [1.165, 1.54) is 19.4 Å². The summed E-state index contributed by atoms with van der Waals surface area (Å²) in [4.78, 5) is 0. The van der Waals surface area contributed by atoms with Crippen LogP contribution in [0, 0.1) is 21.2 Å². The molecule has 0 aliphatic rings. The molecule has 38 valence electrons. The van der Waals surface area contributed by atoms with Crippen LogP contribution in [0.15, 0.2) is 0 Å². The zero-order chi connectivity index (χ0) is 4.00. The third kappa shape index (κ3) is 58.3. The van der Waals surface area contributed by atoms with Crippen molar-refractivity contribution in [2.75, 3.05) is 0 Å². The van der Waals surface area contributed by atoms with Crippen LogP contribution in [0.2, 0.25) is 0 Å². The second kappa shape index (κ2) is 105. The fraction of sp³-hybridized carbons (Fsp3) is 0. The Bertz CT molecular complexity index is 8.75. The Labute approximate surface area is 61.5 Å². The van der Waals surface area contributed by atoms with E-state index in [-0.39, 0.29) is 14.9 Å². The van der Waals surface area contributed by atoms with Crippen LogP contribution in [0.4, 0.5) is 0 Å². The Balaban J connectivity index is -0.00000000500. The van der Waals surface area contributed by atoms with Crippen molar-refractivity contribution < 1.29 is 19.4 Å². The van der Waals surface area contributed by atoms with Crippen LogP contribution >= 0.6 is 20.9 Å². The van der Waals surface area contributed by atoms with Gasteiger partial charge in [0.05, 0.1) is 0 Å². The number of rotatable bonds is 0. The van der Waals surface area contributed by atoms with E-state index in [0.29, 0.717) is 0 Å². The summed E-state index contributed by atoms with van der Waals surface area (Å²) in [7, 11) is 4.64. The molecular formula is C3H8Cl2Ti. The summed E-state index contributed by atoms with van der Waals surface area (Å²) in [5, 5.41) is 0. The van der Waals surface area contributed by atoms with Gasteiger partial charge < -0.3 is 26.5 Å². The zero-order valence-electron chi connectivity index (χ0n) is 3.96. The molecule has 0 fully saturated rings. The molecule has 0 saturated carbocycles. The van der Waals surface area contributed by atoms with Gasteiger partial charge in [0.1, 0.15) is 0 Å². The molecule has 0 spiro atoms. The summed E-state index contributed by atoms with van der Waals surface area (Å²) >= 11 is 5.86. The molecule has 0 aromatic rings. The van der Waals surface area contributed by atoms with Crippen molar-refractivity contribution in [2.24, 2.45) is 0 Å². The van der Waals surface area contributed by atoms with Gasteiger partial charge in [-0.3, -0.25) is 6.38 Å². The van der Waals surface area contributed by atoms with E-state index in [9.17, 15) is 0 Å². The van der Waals surface area contributed by atoms with Crippen molar-refractivity contribution in [3.05, 3.63) is 21.2 Å². The number of halogens is 2. The maximum absolute atomic E-state index is 4.64. The first-order chi connectivity index (χ1) is 2.00. The molecule has 0 aromatic heterocycles. The molecule has 0 aliphatic carbocycles. The van der Waals surface area contributed by atoms with Crippen LogP contribution in [0.5, 0.6) is 0 Å². The molecular weight excluding hydrogens is 155 g/mol. The molecule has 0 N–H and O–H groups in total. The first-order valence-corrected chi connectivity index (χ1v) is 3.14. The average molecular weight is 163 g/mol. The van der Waals surface area contributed by atoms with Gasteiger partial charge in [0.25, 0.3) is 0 Å². The first-order valence-electron chi connectivity index (χ1n) is 0.456. The Morgan fingerprint density at radius 2 is 1.00 bits per heavy atom. The van der Waals surface area contributed by atoms with Crippen LogP contribution < -0.4 is 0 Å². The van der Waals surface area contributed by atoms with Gasteiger partial charge in [-0.1, -0.05) is 0 Å². The van der Waals surface area contributed by atoms with Gasteiger partial charge in [0.15, 0.2) is 0 Å². The van der Waals surface area contributed by atoms with E-state index in [1.807, 2.05) is 0 Å². The molecule has 0 radical (unpaired) electrons. The van der Waals surface area contributed by atoms with E-state index in [0.717, 1.165) is 0 Å². The monoisotopic (exact) mass is 162 g/mol. The third-order valence-electron chi connectivity index (χ3n) is 0. The molecule has 3 heteroatoms. The van der Waals surface area contributed by atoms with Crippen molar-refractivity contribution in [2.45, 2.75) is 0 Å². The number of hydrogen-bond donors (Lipinski definition) is 0. The predicted molar refractivity (Wildman–Crippen MR) is 29.9 cm³/mol. The van der Waals surface area contributed by atoms with Gasteiger partial charge in [0, 0.05) is 0 Å². The van der Waals surface area contributed by atoms with Gasteiger partial charge in [-0.15, -0.1) is 0 Å². The summed E-state index contributed by atoms with van der Waals surface area (Å²) in [6.45, 7) is 0. The quantitative estimate of drug-likeness (QED) is 0.380. The van der Waals surface area contributed by atoms with Crippen LogP contribution in [0.1, 0.15) is 0 Å². The van der Waals surface area contributed by atoms with Crippen molar-refractivity contribution in [3.63, 3.8) is 0 Å². The van der Waals surface area contributed by atoms with Crippen molar-refractivity contribution in [1.29, 1.82) is 0 Å². The van der Waals surface area contributed by atoms with Crippen LogP contribution in [-0.2, 0) is 19.4 Å². The molecule has 0 heterocycles. The summed E-state index contributed by atoms with van der Waals surface area (Å²) in [6.07, 6.45) is 2.72. The SMILES string of the molecule is [CH2-]Cl.[CH3-].[CH3-].[Cl][Ti+3]. The predicted octanol–water partition coefficient (Wildman–Crippen LogP) is 2.60. The van der Waals surface area contributed by atoms with E-state index < -0.39 is 0 Å². The van der Waals surface area contributed by atoms with Crippen molar-refractivity contribution in [3.8, 4) is 0 Å². The zero-order valence-corrected chi connectivity index (χ0v) is 7.04. The van der Waals surface area contributed by atoms with E-state index in [1.54, 1.807) is 0 Å². The fourth-order valence-electron chi connectivity index (χ4n) is 0. The van der Waals surface area contributed by atoms with Crippen LogP contribution in [0.25, 0.3) is 0 Å². The Morgan fingerprint density at radius 1 is 1.00 bits per heavy atom. The second-order valence-electron chi connectivity index (χ2n) is 0. The molecule has 0 unspecified atom stereocenters. The number of hydrogen-bond acceptors (Lipinski definition) is 0. The van der Waals surface area contributed by atoms with Crippen LogP contribution in [0.3, 0.4) is 0 Å². The van der Waals surface area contributed by atoms with Gasteiger partial charge in [-0.05, 0) is 0 Å². The third-order valence-corrected chi connectivity index (χ3v) is 0. The minimum absolute atomic E-state index is 0. The van der Waals surface area contributed by atoms with Gasteiger partial charge >= 0.3 is 28.7 Å². The van der Waals surface area contributed by atoms with Crippen molar-refractivity contribution in [1.82, 2.24) is 0 Å². The van der Waals surface area contributed by atoms with Gasteiger partial charge in [0.2, 0.25) is 0 Å². The molecule has 0 aromatic carbocycles. The summed E-state index contributed by atoms with van der Waals surface area (Å²) in [5.74, 6) is 0. The minimum atomic E-state index is 0. The summed E-state index contributed by atoms with van der Waals surface area (Å²) in [5.41, 5.74) is 0. The standard InChI is InChI=1S/CH2Cl.2CH3.ClH.Ti/c1-2;;;;/h1H2;2*1H3;1H;/q3*-1;;+4/p-1. The van der Waals surface area contributed by atoms with E-state index in [2.05, 4.69) is 27.3 Å². The van der Waals surface area contributed by atoms with E-state index in [4.69, 9.17) is 0 Å². The topological polar surface area (TPSA) is 0 Å². The molecule has 0 atom stereocenters. The van der Waals surface area contributed by atoms with E-state index >= 15 is 0 Å². The van der Waals surface area contributed by atoms with Gasteiger partial charge in [-0.25, -0.2) is 0 Å². The average Bonchev–Trinajstić information content (AvgIpc) is 1.50. The Kier molecular flexibility index (Phi) is 467. The molecule has 6 heavy (non-hydrogen) atoms. The molecule has 0 amide bonds. The Hall–Kier alpha value is 1.29. The summed E-state index contributed by atoms with van der Waals surface area (Å²) < 4.78 is 0. The summed E-state index contributed by atoms with van der Waals surface area (Å²) in [6, 6.07) is 0. The maximum atomic E-state index is 4.64. The van der Waals surface area contributed by atoms with Crippen molar-refractivity contribution >= 4 is 20.9 Å². The molecule has 0 nitrogen and oxygen atoms in total. The molecule has 0 bridgehead atoms. The first kappa shape index (κ1) is 26.6. The molecule has 0 saturated heterocycles. The van der Waals surface area contributed by atoms with Gasteiger partial charge in [-0.2, -0.15) is 0 Å². The Morgan fingerprint density at radius 3 is 1.00 bits per heavy atom.